The molecule has 2 rings (SSSR count). The molecule has 4 heteroatoms. The standard InChI is InChI=1S/C9H15F2NO/c1-13-8(5-12-6-8)2-7-3-9(10,11)4-7/h7,12H,2-6H2,1H3. The SMILES string of the molecule is COC1(CC2CC(F)(F)C2)CNC1. The monoisotopic (exact) mass is 191 g/mol. The molecule has 1 saturated heterocycles. The van der Waals surface area contributed by atoms with Crippen LogP contribution in [0.2, 0.25) is 0 Å². The summed E-state index contributed by atoms with van der Waals surface area (Å²) in [7, 11) is 1.66. The molecule has 0 aromatic heterocycles. The first kappa shape index (κ1) is 9.34. The van der Waals surface area contributed by atoms with Crippen molar-refractivity contribution in [1.82, 2.24) is 5.32 Å². The smallest absolute Gasteiger partial charge is 0.248 e. The minimum Gasteiger partial charge on any atom is -0.376 e. The van der Waals surface area contributed by atoms with Crippen molar-refractivity contribution in [1.29, 1.82) is 0 Å². The summed E-state index contributed by atoms with van der Waals surface area (Å²) < 4.78 is 30.4. The van der Waals surface area contributed by atoms with Crippen LogP contribution in [0, 0.1) is 5.92 Å². The topological polar surface area (TPSA) is 21.3 Å². The summed E-state index contributed by atoms with van der Waals surface area (Å²) in [5.41, 5.74) is -0.138. The Morgan fingerprint density at radius 1 is 1.38 bits per heavy atom. The lowest BCUT2D eigenvalue weighted by Gasteiger charge is -2.47. The molecule has 0 aromatic carbocycles. The summed E-state index contributed by atoms with van der Waals surface area (Å²) in [4.78, 5) is 0. The van der Waals surface area contributed by atoms with Crippen molar-refractivity contribution >= 4 is 0 Å². The predicted octanol–water partition coefficient (Wildman–Crippen LogP) is 1.41. The van der Waals surface area contributed by atoms with E-state index in [1.165, 1.54) is 0 Å². The Morgan fingerprint density at radius 3 is 2.31 bits per heavy atom. The Morgan fingerprint density at radius 2 is 2.00 bits per heavy atom. The van der Waals surface area contributed by atoms with E-state index >= 15 is 0 Å². The number of ether oxygens (including phenoxy) is 1. The fraction of sp³-hybridized carbons (Fsp3) is 1.00. The molecule has 0 atom stereocenters. The van der Waals surface area contributed by atoms with Crippen LogP contribution >= 0.6 is 0 Å². The number of hydrogen-bond acceptors (Lipinski definition) is 2. The normalized spacial score (nSPS) is 30.7. The molecule has 0 bridgehead atoms. The van der Waals surface area contributed by atoms with Gasteiger partial charge in [-0.15, -0.1) is 0 Å². The molecule has 1 heterocycles. The van der Waals surface area contributed by atoms with E-state index in [-0.39, 0.29) is 24.4 Å². The van der Waals surface area contributed by atoms with Gasteiger partial charge in [-0.25, -0.2) is 8.78 Å². The Bertz CT molecular complexity index is 190. The van der Waals surface area contributed by atoms with Gasteiger partial charge in [-0.05, 0) is 12.3 Å². The maximum Gasteiger partial charge on any atom is 0.248 e. The van der Waals surface area contributed by atoms with E-state index < -0.39 is 5.92 Å². The summed E-state index contributed by atoms with van der Waals surface area (Å²) in [6.45, 7) is 1.62. The highest BCUT2D eigenvalue weighted by atomic mass is 19.3. The van der Waals surface area contributed by atoms with Crippen LogP contribution in [0.3, 0.4) is 0 Å². The Kier molecular flexibility index (Phi) is 2.07. The lowest BCUT2D eigenvalue weighted by Crippen LogP contribution is -2.62. The van der Waals surface area contributed by atoms with Gasteiger partial charge >= 0.3 is 0 Å². The summed E-state index contributed by atoms with van der Waals surface area (Å²) in [5, 5.41) is 3.11. The van der Waals surface area contributed by atoms with Crippen LogP contribution in [0.1, 0.15) is 19.3 Å². The van der Waals surface area contributed by atoms with Crippen molar-refractivity contribution in [2.24, 2.45) is 5.92 Å². The third kappa shape index (κ3) is 1.70. The first-order valence-corrected chi connectivity index (χ1v) is 4.69. The van der Waals surface area contributed by atoms with Gasteiger partial charge in [0.25, 0.3) is 0 Å². The second-order valence-electron chi connectivity index (χ2n) is 4.33. The maximum atomic E-state index is 12.5. The molecule has 1 saturated carbocycles. The van der Waals surface area contributed by atoms with Gasteiger partial charge in [0.2, 0.25) is 5.92 Å². The summed E-state index contributed by atoms with van der Waals surface area (Å²) in [6.07, 6.45) is 0.891. The zero-order chi connectivity index (χ0) is 9.53. The number of alkyl halides is 2. The molecular formula is C9H15F2NO. The van der Waals surface area contributed by atoms with E-state index in [4.69, 9.17) is 4.74 Å². The molecule has 0 radical (unpaired) electrons. The molecule has 13 heavy (non-hydrogen) atoms. The van der Waals surface area contributed by atoms with E-state index in [0.29, 0.717) is 0 Å². The highest BCUT2D eigenvalue weighted by Crippen LogP contribution is 2.46. The van der Waals surface area contributed by atoms with Crippen molar-refractivity contribution in [3.05, 3.63) is 0 Å². The average Bonchev–Trinajstić information content (AvgIpc) is 1.92. The van der Waals surface area contributed by atoms with Crippen molar-refractivity contribution in [3.63, 3.8) is 0 Å². The number of methoxy groups -OCH3 is 1. The van der Waals surface area contributed by atoms with Gasteiger partial charge in [0, 0.05) is 33.0 Å². The van der Waals surface area contributed by atoms with Crippen molar-refractivity contribution in [3.8, 4) is 0 Å². The zero-order valence-corrected chi connectivity index (χ0v) is 7.78. The second-order valence-corrected chi connectivity index (χ2v) is 4.33. The van der Waals surface area contributed by atoms with Crippen LogP contribution in [0.4, 0.5) is 8.78 Å². The van der Waals surface area contributed by atoms with E-state index in [0.717, 1.165) is 19.5 Å². The van der Waals surface area contributed by atoms with E-state index in [1.54, 1.807) is 7.11 Å². The molecule has 1 N–H and O–H groups in total. The summed E-state index contributed by atoms with van der Waals surface area (Å²) in [6, 6.07) is 0. The van der Waals surface area contributed by atoms with Crippen molar-refractivity contribution in [2.45, 2.75) is 30.8 Å². The van der Waals surface area contributed by atoms with Crippen LogP contribution < -0.4 is 5.32 Å². The minimum absolute atomic E-state index is 0.0537. The van der Waals surface area contributed by atoms with Crippen LogP contribution in [0.25, 0.3) is 0 Å². The molecule has 76 valence electrons. The Balaban J connectivity index is 1.79. The van der Waals surface area contributed by atoms with Crippen molar-refractivity contribution in [2.75, 3.05) is 20.2 Å². The molecule has 2 nitrogen and oxygen atoms in total. The molecule has 2 aliphatic rings. The third-order valence-corrected chi connectivity index (χ3v) is 3.16. The van der Waals surface area contributed by atoms with Gasteiger partial charge in [-0.1, -0.05) is 0 Å². The lowest BCUT2D eigenvalue weighted by molar-refractivity contribution is -0.144. The van der Waals surface area contributed by atoms with E-state index in [9.17, 15) is 8.78 Å². The van der Waals surface area contributed by atoms with Crippen LogP contribution in [0.5, 0.6) is 0 Å². The van der Waals surface area contributed by atoms with Crippen LogP contribution in [-0.4, -0.2) is 31.7 Å². The number of nitrogens with one attached hydrogen (secondary N) is 1. The Hall–Kier alpha value is -0.220. The number of hydrogen-bond donors (Lipinski definition) is 1. The molecule has 1 aliphatic carbocycles. The van der Waals surface area contributed by atoms with Crippen molar-refractivity contribution < 1.29 is 13.5 Å². The predicted molar refractivity (Wildman–Crippen MR) is 44.9 cm³/mol. The largest absolute Gasteiger partial charge is 0.376 e. The molecule has 0 amide bonds. The fourth-order valence-electron chi connectivity index (χ4n) is 2.23. The zero-order valence-electron chi connectivity index (χ0n) is 7.78. The minimum atomic E-state index is -2.39. The highest BCUT2D eigenvalue weighted by Gasteiger charge is 2.50. The Labute approximate surface area is 76.6 Å². The third-order valence-electron chi connectivity index (χ3n) is 3.16. The maximum absolute atomic E-state index is 12.5. The van der Waals surface area contributed by atoms with Crippen LogP contribution in [-0.2, 0) is 4.74 Å². The molecule has 0 spiro atoms. The summed E-state index contributed by atoms with van der Waals surface area (Å²) in [5.74, 6) is -2.23. The number of halogens is 2. The van der Waals surface area contributed by atoms with Crippen LogP contribution in [0.15, 0.2) is 0 Å². The quantitative estimate of drug-likeness (QED) is 0.728. The van der Waals surface area contributed by atoms with Gasteiger partial charge in [0.15, 0.2) is 0 Å². The highest BCUT2D eigenvalue weighted by molar-refractivity contribution is 4.99. The van der Waals surface area contributed by atoms with Gasteiger partial charge in [0.05, 0.1) is 5.60 Å². The molecular weight excluding hydrogens is 176 g/mol. The molecule has 2 fully saturated rings. The van der Waals surface area contributed by atoms with Gasteiger partial charge < -0.3 is 10.1 Å². The first-order valence-electron chi connectivity index (χ1n) is 4.69. The van der Waals surface area contributed by atoms with E-state index in [2.05, 4.69) is 5.32 Å². The molecule has 0 aromatic rings. The van der Waals surface area contributed by atoms with E-state index in [1.807, 2.05) is 0 Å². The average molecular weight is 191 g/mol. The fourth-order valence-corrected chi connectivity index (χ4v) is 2.23. The molecule has 0 unspecified atom stereocenters. The number of rotatable bonds is 3. The molecule has 1 aliphatic heterocycles. The lowest BCUT2D eigenvalue weighted by atomic mass is 9.73. The summed E-state index contributed by atoms with van der Waals surface area (Å²) >= 11 is 0. The first-order chi connectivity index (χ1) is 6.05. The van der Waals surface area contributed by atoms with Gasteiger partial charge in [-0.2, -0.15) is 0 Å². The van der Waals surface area contributed by atoms with Gasteiger partial charge in [-0.3, -0.25) is 0 Å². The van der Waals surface area contributed by atoms with Gasteiger partial charge in [0.1, 0.15) is 0 Å². The second kappa shape index (κ2) is 2.89.